The van der Waals surface area contributed by atoms with E-state index in [1.807, 2.05) is 0 Å². The molecule has 0 aliphatic rings. The molecule has 1 aromatic carbocycles. The van der Waals surface area contributed by atoms with Crippen molar-refractivity contribution in [2.45, 2.75) is 25.9 Å². The Morgan fingerprint density at radius 1 is 1.35 bits per heavy atom. The van der Waals surface area contributed by atoms with Gasteiger partial charge in [-0.3, -0.25) is 0 Å². The van der Waals surface area contributed by atoms with Crippen molar-refractivity contribution in [3.63, 3.8) is 0 Å². The number of aromatic amines is 1. The summed E-state index contributed by atoms with van der Waals surface area (Å²) < 4.78 is 5.18. The quantitative estimate of drug-likeness (QED) is 0.803. The third-order valence-corrected chi connectivity index (χ3v) is 3.12. The molecule has 2 rings (SSSR count). The van der Waals surface area contributed by atoms with Crippen LogP contribution in [0.5, 0.6) is 0 Å². The summed E-state index contributed by atoms with van der Waals surface area (Å²) in [5, 5.41) is 4.82. The minimum Gasteiger partial charge on any atom is -0.383 e. The fourth-order valence-corrected chi connectivity index (χ4v) is 2.05. The normalized spacial score (nSPS) is 13.1. The SMILES string of the molecule is CCC(COC)NCc1c[nH]c2ccccc12. The first-order chi connectivity index (χ1) is 8.35. The first kappa shape index (κ1) is 12.1. The van der Waals surface area contributed by atoms with Crippen molar-refractivity contribution in [3.8, 4) is 0 Å². The van der Waals surface area contributed by atoms with Gasteiger partial charge < -0.3 is 15.0 Å². The number of benzene rings is 1. The van der Waals surface area contributed by atoms with Gasteiger partial charge in [-0.25, -0.2) is 0 Å². The summed E-state index contributed by atoms with van der Waals surface area (Å²) in [6.07, 6.45) is 3.16. The van der Waals surface area contributed by atoms with Crippen molar-refractivity contribution in [2.75, 3.05) is 13.7 Å². The molecule has 0 bridgehead atoms. The van der Waals surface area contributed by atoms with Crippen LogP contribution in [0.25, 0.3) is 10.9 Å². The van der Waals surface area contributed by atoms with Crippen LogP contribution in [0, 0.1) is 0 Å². The molecular weight excluding hydrogens is 212 g/mol. The summed E-state index contributed by atoms with van der Waals surface area (Å²) in [7, 11) is 1.75. The molecule has 0 spiro atoms. The highest BCUT2D eigenvalue weighted by molar-refractivity contribution is 5.82. The molecule has 0 saturated carbocycles. The Kier molecular flexibility index (Phi) is 4.18. The molecule has 1 unspecified atom stereocenters. The third-order valence-electron chi connectivity index (χ3n) is 3.12. The second-order valence-electron chi connectivity index (χ2n) is 4.30. The molecule has 0 fully saturated rings. The number of methoxy groups -OCH3 is 1. The van der Waals surface area contributed by atoms with Crippen LogP contribution in [-0.4, -0.2) is 24.7 Å². The number of rotatable bonds is 6. The lowest BCUT2D eigenvalue weighted by atomic mass is 10.1. The Hall–Kier alpha value is -1.32. The van der Waals surface area contributed by atoms with E-state index in [2.05, 4.69) is 47.7 Å². The molecule has 0 radical (unpaired) electrons. The second kappa shape index (κ2) is 5.84. The topological polar surface area (TPSA) is 37.0 Å². The lowest BCUT2D eigenvalue weighted by molar-refractivity contribution is 0.164. The van der Waals surface area contributed by atoms with Gasteiger partial charge in [0.15, 0.2) is 0 Å². The first-order valence-electron chi connectivity index (χ1n) is 6.12. The summed E-state index contributed by atoms with van der Waals surface area (Å²) in [6.45, 7) is 3.82. The third kappa shape index (κ3) is 2.87. The van der Waals surface area contributed by atoms with Crippen molar-refractivity contribution >= 4 is 10.9 Å². The van der Waals surface area contributed by atoms with E-state index in [0.29, 0.717) is 6.04 Å². The summed E-state index contributed by atoms with van der Waals surface area (Å²) in [6, 6.07) is 8.81. The molecule has 0 amide bonds. The van der Waals surface area contributed by atoms with E-state index >= 15 is 0 Å². The van der Waals surface area contributed by atoms with Gasteiger partial charge in [-0.2, -0.15) is 0 Å². The Bertz CT molecular complexity index is 464. The van der Waals surface area contributed by atoms with Gasteiger partial charge in [0.2, 0.25) is 0 Å². The molecule has 0 aliphatic heterocycles. The van der Waals surface area contributed by atoms with E-state index in [4.69, 9.17) is 4.74 Å². The summed E-state index contributed by atoms with van der Waals surface area (Å²) >= 11 is 0. The molecule has 17 heavy (non-hydrogen) atoms. The average molecular weight is 232 g/mol. The number of hydrogen-bond acceptors (Lipinski definition) is 2. The minimum atomic E-state index is 0.425. The number of H-pyrrole nitrogens is 1. The molecule has 3 nitrogen and oxygen atoms in total. The van der Waals surface area contributed by atoms with Gasteiger partial charge in [0, 0.05) is 36.8 Å². The first-order valence-corrected chi connectivity index (χ1v) is 6.12. The van der Waals surface area contributed by atoms with Crippen LogP contribution in [0.4, 0.5) is 0 Å². The Balaban J connectivity index is 2.03. The van der Waals surface area contributed by atoms with Crippen molar-refractivity contribution in [2.24, 2.45) is 0 Å². The standard InChI is InChI=1S/C14H20N2O/c1-3-12(10-17-2)15-8-11-9-16-14-7-5-4-6-13(11)14/h4-7,9,12,15-16H,3,8,10H2,1-2H3. The molecule has 1 aromatic heterocycles. The molecule has 0 saturated heterocycles. The van der Waals surface area contributed by atoms with E-state index in [9.17, 15) is 0 Å². The van der Waals surface area contributed by atoms with Gasteiger partial charge in [-0.1, -0.05) is 25.1 Å². The summed E-state index contributed by atoms with van der Waals surface area (Å²) in [5.41, 5.74) is 2.51. The van der Waals surface area contributed by atoms with Crippen molar-refractivity contribution in [3.05, 3.63) is 36.0 Å². The zero-order chi connectivity index (χ0) is 12.1. The molecular formula is C14H20N2O. The Labute approximate surface area is 102 Å². The van der Waals surface area contributed by atoms with Crippen LogP contribution >= 0.6 is 0 Å². The lowest BCUT2D eigenvalue weighted by Gasteiger charge is -2.15. The molecule has 3 heteroatoms. The van der Waals surface area contributed by atoms with Crippen LogP contribution < -0.4 is 5.32 Å². The molecule has 2 N–H and O–H groups in total. The van der Waals surface area contributed by atoms with Crippen molar-refractivity contribution in [1.82, 2.24) is 10.3 Å². The molecule has 2 aromatic rings. The fourth-order valence-electron chi connectivity index (χ4n) is 2.05. The van der Waals surface area contributed by atoms with Crippen LogP contribution in [0.2, 0.25) is 0 Å². The fraction of sp³-hybridized carbons (Fsp3) is 0.429. The van der Waals surface area contributed by atoms with Gasteiger partial charge in [0.1, 0.15) is 0 Å². The lowest BCUT2D eigenvalue weighted by Crippen LogP contribution is -2.31. The maximum absolute atomic E-state index is 5.18. The van der Waals surface area contributed by atoms with Crippen LogP contribution in [-0.2, 0) is 11.3 Å². The molecule has 0 aliphatic carbocycles. The smallest absolute Gasteiger partial charge is 0.0615 e. The van der Waals surface area contributed by atoms with Crippen molar-refractivity contribution < 1.29 is 4.74 Å². The maximum atomic E-state index is 5.18. The number of fused-ring (bicyclic) bond motifs is 1. The monoisotopic (exact) mass is 232 g/mol. The molecule has 92 valence electrons. The van der Waals surface area contributed by atoms with E-state index < -0.39 is 0 Å². The average Bonchev–Trinajstić information content (AvgIpc) is 2.78. The number of hydrogen-bond donors (Lipinski definition) is 2. The zero-order valence-electron chi connectivity index (χ0n) is 10.5. The largest absolute Gasteiger partial charge is 0.383 e. The number of nitrogens with one attached hydrogen (secondary N) is 2. The van der Waals surface area contributed by atoms with Crippen molar-refractivity contribution in [1.29, 1.82) is 0 Å². The minimum absolute atomic E-state index is 0.425. The number of aromatic nitrogens is 1. The van der Waals surface area contributed by atoms with Crippen LogP contribution in [0.3, 0.4) is 0 Å². The van der Waals surface area contributed by atoms with E-state index in [0.717, 1.165) is 19.6 Å². The van der Waals surface area contributed by atoms with Gasteiger partial charge in [0.25, 0.3) is 0 Å². The number of ether oxygens (including phenoxy) is 1. The van der Waals surface area contributed by atoms with Gasteiger partial charge in [0.05, 0.1) is 6.61 Å². The second-order valence-corrected chi connectivity index (χ2v) is 4.30. The Morgan fingerprint density at radius 2 is 2.18 bits per heavy atom. The molecule has 1 atom stereocenters. The predicted octanol–water partition coefficient (Wildman–Crippen LogP) is 2.68. The molecule has 1 heterocycles. The number of para-hydroxylation sites is 1. The summed E-state index contributed by atoms with van der Waals surface area (Å²) in [4.78, 5) is 3.29. The van der Waals surface area contributed by atoms with Gasteiger partial charge in [-0.05, 0) is 18.1 Å². The highest BCUT2D eigenvalue weighted by atomic mass is 16.5. The van der Waals surface area contributed by atoms with Gasteiger partial charge >= 0.3 is 0 Å². The van der Waals surface area contributed by atoms with Gasteiger partial charge in [-0.15, -0.1) is 0 Å². The van der Waals surface area contributed by atoms with E-state index in [1.165, 1.54) is 16.5 Å². The van der Waals surface area contributed by atoms with E-state index in [1.54, 1.807) is 7.11 Å². The maximum Gasteiger partial charge on any atom is 0.0615 e. The highest BCUT2D eigenvalue weighted by Crippen LogP contribution is 2.17. The predicted molar refractivity (Wildman–Crippen MR) is 71.1 cm³/mol. The van der Waals surface area contributed by atoms with Crippen LogP contribution in [0.15, 0.2) is 30.5 Å². The highest BCUT2D eigenvalue weighted by Gasteiger charge is 2.07. The van der Waals surface area contributed by atoms with E-state index in [-0.39, 0.29) is 0 Å². The Morgan fingerprint density at radius 3 is 2.94 bits per heavy atom. The summed E-state index contributed by atoms with van der Waals surface area (Å²) in [5.74, 6) is 0. The van der Waals surface area contributed by atoms with Crippen LogP contribution in [0.1, 0.15) is 18.9 Å². The zero-order valence-corrected chi connectivity index (χ0v) is 10.5.